The number of carbonyl (C=O) groups is 1. The molecule has 41 heavy (non-hydrogen) atoms. The van der Waals surface area contributed by atoms with Gasteiger partial charge in [-0.05, 0) is 48.9 Å². The Balaban J connectivity index is 0.000000277. The first-order valence-corrected chi connectivity index (χ1v) is 13.2. The van der Waals surface area contributed by atoms with Gasteiger partial charge in [-0.25, -0.2) is 9.37 Å². The van der Waals surface area contributed by atoms with Crippen LogP contribution in [-0.4, -0.2) is 38.5 Å². The normalized spacial score (nSPS) is 17.2. The van der Waals surface area contributed by atoms with Gasteiger partial charge in [-0.15, -0.1) is 0 Å². The first-order chi connectivity index (χ1) is 19.3. The van der Waals surface area contributed by atoms with E-state index in [-0.39, 0.29) is 23.7 Å². The fourth-order valence-corrected chi connectivity index (χ4v) is 5.49. The number of ether oxygens (including phenoxy) is 1. The molecule has 4 heterocycles. The standard InChI is InChI=1S/C23H19FN2O3.C4H6F3NO2.C2H6/c1-10-12-4-3-5-13-15-8-26-19(21(15)25-18(20(12)13)7-17(10)24)6-14-16(23(26)28)9-29-11(2)22(14)27;5-4(6,7)2(1-9)3(8)10;1-2/h6-7,22,27H,2-5,8-9H2,1H3;2,9H,1H2,(H2,8,10);1-2H3. The van der Waals surface area contributed by atoms with Crippen LogP contribution in [0.1, 0.15) is 59.8 Å². The number of nitrogens with zero attached hydrogens (tertiary/aromatic N) is 2. The fourth-order valence-electron chi connectivity index (χ4n) is 5.49. The number of aliphatic hydroxyl groups excluding tert-OH is 2. The van der Waals surface area contributed by atoms with Gasteiger partial charge in [0.05, 0.1) is 35.6 Å². The SMILES string of the molecule is C=C1OCc2c(cc3n(c2=O)Cc2c-3nc3cc(F)c(C)c4c3c2CCC4)C1O.CC.NC(=O)C(CO)C(F)(F)F. The van der Waals surface area contributed by atoms with Crippen LogP contribution in [0.2, 0.25) is 0 Å². The summed E-state index contributed by atoms with van der Waals surface area (Å²) < 4.78 is 56.1. The van der Waals surface area contributed by atoms with Crippen LogP contribution in [0.15, 0.2) is 29.3 Å². The minimum Gasteiger partial charge on any atom is -0.491 e. The molecule has 6 rings (SSSR count). The first kappa shape index (κ1) is 30.2. The van der Waals surface area contributed by atoms with Crippen molar-refractivity contribution in [3.63, 3.8) is 0 Å². The Hall–Kier alpha value is -3.77. The summed E-state index contributed by atoms with van der Waals surface area (Å²) >= 11 is 0. The molecule has 1 amide bonds. The number of rotatable bonds is 2. The summed E-state index contributed by atoms with van der Waals surface area (Å²) in [5, 5.41) is 19.5. The summed E-state index contributed by atoms with van der Waals surface area (Å²) in [6, 6.07) is 3.33. The Morgan fingerprint density at radius 2 is 1.88 bits per heavy atom. The Bertz CT molecular complexity index is 1610. The minimum atomic E-state index is -4.74. The number of fused-ring (bicyclic) bond motifs is 5. The Morgan fingerprint density at radius 1 is 1.22 bits per heavy atom. The van der Waals surface area contributed by atoms with Crippen LogP contribution in [0.25, 0.3) is 22.3 Å². The highest BCUT2D eigenvalue weighted by molar-refractivity contribution is 5.92. The van der Waals surface area contributed by atoms with E-state index >= 15 is 0 Å². The molecule has 0 radical (unpaired) electrons. The number of amides is 1. The van der Waals surface area contributed by atoms with Gasteiger partial charge in [-0.2, -0.15) is 13.2 Å². The summed E-state index contributed by atoms with van der Waals surface area (Å²) in [6.07, 6.45) is -3.07. The van der Waals surface area contributed by atoms with Gasteiger partial charge in [-0.3, -0.25) is 9.59 Å². The van der Waals surface area contributed by atoms with Crippen LogP contribution in [0.4, 0.5) is 17.6 Å². The Kier molecular flexibility index (Phi) is 8.28. The van der Waals surface area contributed by atoms with Gasteiger partial charge < -0.3 is 25.3 Å². The predicted octanol–water partition coefficient (Wildman–Crippen LogP) is 4.11. The smallest absolute Gasteiger partial charge is 0.402 e. The van der Waals surface area contributed by atoms with E-state index in [4.69, 9.17) is 14.8 Å². The average molecular weight is 578 g/mol. The lowest BCUT2D eigenvalue weighted by Gasteiger charge is -2.24. The second-order valence-electron chi connectivity index (χ2n) is 9.82. The highest BCUT2D eigenvalue weighted by Gasteiger charge is 2.43. The molecule has 0 fully saturated rings. The Morgan fingerprint density at radius 3 is 2.46 bits per heavy atom. The van der Waals surface area contributed by atoms with Crippen molar-refractivity contribution in [1.29, 1.82) is 0 Å². The summed E-state index contributed by atoms with van der Waals surface area (Å²) in [6.45, 7) is 8.82. The molecule has 2 unspecified atom stereocenters. The van der Waals surface area contributed by atoms with E-state index in [1.807, 2.05) is 26.8 Å². The number of aromatic nitrogens is 2. The lowest BCUT2D eigenvalue weighted by Crippen LogP contribution is -2.38. The predicted molar refractivity (Wildman–Crippen MR) is 143 cm³/mol. The third-order valence-corrected chi connectivity index (χ3v) is 7.59. The lowest BCUT2D eigenvalue weighted by atomic mass is 9.85. The first-order valence-electron chi connectivity index (χ1n) is 13.2. The molecule has 2 aliphatic heterocycles. The molecule has 0 saturated carbocycles. The molecule has 1 aliphatic carbocycles. The number of halogens is 4. The third-order valence-electron chi connectivity index (χ3n) is 7.59. The maximum absolute atomic E-state index is 14.5. The van der Waals surface area contributed by atoms with Crippen molar-refractivity contribution < 1.29 is 37.3 Å². The number of aliphatic hydroxyl groups is 2. The number of primary amides is 1. The second-order valence-corrected chi connectivity index (χ2v) is 9.82. The number of hydrogen-bond donors (Lipinski definition) is 3. The zero-order valence-electron chi connectivity index (χ0n) is 22.9. The molecule has 220 valence electrons. The summed E-state index contributed by atoms with van der Waals surface area (Å²) in [5.74, 6) is -4.00. The van der Waals surface area contributed by atoms with Crippen LogP contribution in [-0.2, 0) is 35.5 Å². The molecule has 8 nitrogen and oxygen atoms in total. The number of pyridine rings is 2. The van der Waals surface area contributed by atoms with Crippen molar-refractivity contribution in [3.8, 4) is 11.4 Å². The third kappa shape index (κ3) is 5.10. The van der Waals surface area contributed by atoms with E-state index in [0.717, 1.165) is 35.8 Å². The van der Waals surface area contributed by atoms with Crippen LogP contribution >= 0.6 is 0 Å². The van der Waals surface area contributed by atoms with Crippen molar-refractivity contribution >= 4 is 16.8 Å². The van der Waals surface area contributed by atoms with Gasteiger partial charge in [0.2, 0.25) is 5.91 Å². The molecular weight excluding hydrogens is 546 g/mol. The second kappa shape index (κ2) is 11.2. The largest absolute Gasteiger partial charge is 0.491 e. The van der Waals surface area contributed by atoms with Gasteiger partial charge in [0.25, 0.3) is 5.56 Å². The number of carbonyl (C=O) groups excluding carboxylic acids is 1. The fraction of sp³-hybridized carbons (Fsp3) is 0.414. The van der Waals surface area contributed by atoms with Crippen LogP contribution in [0, 0.1) is 18.7 Å². The quantitative estimate of drug-likeness (QED) is 0.308. The van der Waals surface area contributed by atoms with E-state index in [0.29, 0.717) is 40.1 Å². The van der Waals surface area contributed by atoms with Gasteiger partial charge in [0, 0.05) is 22.6 Å². The van der Waals surface area contributed by atoms with E-state index in [1.54, 1.807) is 4.57 Å². The minimum absolute atomic E-state index is 0.109. The lowest BCUT2D eigenvalue weighted by molar-refractivity contribution is -0.187. The zero-order valence-corrected chi connectivity index (χ0v) is 22.9. The molecular formula is C29H31F4N3O5. The van der Waals surface area contributed by atoms with Crippen LogP contribution < -0.4 is 11.3 Å². The van der Waals surface area contributed by atoms with Gasteiger partial charge in [-0.1, -0.05) is 20.4 Å². The van der Waals surface area contributed by atoms with Gasteiger partial charge in [0.15, 0.2) is 5.92 Å². The van der Waals surface area contributed by atoms with E-state index < -0.39 is 30.7 Å². The van der Waals surface area contributed by atoms with Crippen LogP contribution in [0.5, 0.6) is 0 Å². The number of nitrogens with two attached hydrogens (primary N) is 1. The molecule has 2 aromatic heterocycles. The highest BCUT2D eigenvalue weighted by Crippen LogP contribution is 2.42. The van der Waals surface area contributed by atoms with Crippen molar-refractivity contribution in [3.05, 3.63) is 74.0 Å². The van der Waals surface area contributed by atoms with E-state index in [1.165, 1.54) is 11.6 Å². The number of alkyl halides is 3. The van der Waals surface area contributed by atoms with Crippen molar-refractivity contribution in [1.82, 2.24) is 9.55 Å². The maximum Gasteiger partial charge on any atom is 0.402 e. The Labute approximate surface area is 233 Å². The molecule has 0 saturated heterocycles. The van der Waals surface area contributed by atoms with Crippen molar-refractivity contribution in [2.45, 2.75) is 65.5 Å². The molecule has 0 spiro atoms. The van der Waals surface area contributed by atoms with Crippen molar-refractivity contribution in [2.24, 2.45) is 11.7 Å². The molecule has 3 aliphatic rings. The van der Waals surface area contributed by atoms with Gasteiger partial charge in [0.1, 0.15) is 24.3 Å². The highest BCUT2D eigenvalue weighted by atomic mass is 19.4. The van der Waals surface area contributed by atoms with Crippen LogP contribution in [0.3, 0.4) is 0 Å². The molecule has 2 atom stereocenters. The maximum atomic E-state index is 14.5. The molecule has 4 N–H and O–H groups in total. The summed E-state index contributed by atoms with van der Waals surface area (Å²) in [5.41, 5.74) is 11.1. The number of aryl methyl sites for hydroxylation is 2. The van der Waals surface area contributed by atoms with E-state index in [2.05, 4.69) is 12.3 Å². The average Bonchev–Trinajstić information content (AvgIpc) is 3.29. The summed E-state index contributed by atoms with van der Waals surface area (Å²) in [4.78, 5) is 27.9. The monoisotopic (exact) mass is 577 g/mol. The molecule has 12 heteroatoms. The van der Waals surface area contributed by atoms with E-state index in [9.17, 15) is 32.3 Å². The number of benzene rings is 1. The summed E-state index contributed by atoms with van der Waals surface area (Å²) in [7, 11) is 0. The topological polar surface area (TPSA) is 128 Å². The molecule has 3 aromatic rings. The zero-order chi connectivity index (χ0) is 30.4. The van der Waals surface area contributed by atoms with Gasteiger partial charge >= 0.3 is 6.18 Å². The number of hydrogen-bond acceptors (Lipinski definition) is 6. The molecule has 0 bridgehead atoms. The van der Waals surface area contributed by atoms with Crippen molar-refractivity contribution in [2.75, 3.05) is 6.61 Å². The molecule has 1 aromatic carbocycles.